The van der Waals surface area contributed by atoms with E-state index in [2.05, 4.69) is 24.1 Å². The van der Waals surface area contributed by atoms with E-state index in [0.717, 1.165) is 18.2 Å². The summed E-state index contributed by atoms with van der Waals surface area (Å²) in [4.78, 5) is 0. The highest BCUT2D eigenvalue weighted by atomic mass is 32.1. The minimum atomic E-state index is 0.741. The van der Waals surface area contributed by atoms with Crippen molar-refractivity contribution in [1.29, 1.82) is 0 Å². The molecule has 3 heteroatoms. The van der Waals surface area contributed by atoms with Gasteiger partial charge in [-0.1, -0.05) is 109 Å². The lowest BCUT2D eigenvalue weighted by molar-refractivity contribution is 0.529. The van der Waals surface area contributed by atoms with Crippen LogP contribution in [0.3, 0.4) is 0 Å². The summed E-state index contributed by atoms with van der Waals surface area (Å²) in [5.74, 6) is 0. The number of unbranched alkanes of at least 4 members (excludes halogenated alkanes) is 15. The van der Waals surface area contributed by atoms with Gasteiger partial charge in [0.05, 0.1) is 0 Å². The lowest BCUT2D eigenvalue weighted by Crippen LogP contribution is -2.35. The largest absolute Gasteiger partial charge is 0.363 e. The first-order valence-electron chi connectivity index (χ1n) is 10.9. The second-order valence-electron chi connectivity index (χ2n) is 7.23. The van der Waals surface area contributed by atoms with Gasteiger partial charge in [-0.25, -0.2) is 0 Å². The fourth-order valence-electron chi connectivity index (χ4n) is 3.10. The van der Waals surface area contributed by atoms with Gasteiger partial charge in [0.1, 0.15) is 0 Å². The molecule has 0 atom stereocenters. The van der Waals surface area contributed by atoms with E-state index < -0.39 is 0 Å². The van der Waals surface area contributed by atoms with Crippen LogP contribution in [0, 0.1) is 0 Å². The average molecular weight is 369 g/mol. The first-order valence-corrected chi connectivity index (χ1v) is 11.3. The van der Waals surface area contributed by atoms with Crippen LogP contribution in [0.1, 0.15) is 110 Å². The van der Waals surface area contributed by atoms with Crippen LogP contribution in [0.2, 0.25) is 0 Å². The zero-order valence-corrected chi connectivity index (χ0v) is 17.7. The number of hydrogen-bond donors (Lipinski definition) is 2. The Hall–Kier alpha value is -0.570. The predicted molar refractivity (Wildman–Crippen MR) is 118 cm³/mol. The Morgan fingerprint density at radius 2 is 1.08 bits per heavy atom. The van der Waals surface area contributed by atoms with Gasteiger partial charge in [0.15, 0.2) is 5.11 Å². The van der Waals surface area contributed by atoms with Gasteiger partial charge in [-0.3, -0.25) is 0 Å². The van der Waals surface area contributed by atoms with Crippen molar-refractivity contribution in [2.24, 2.45) is 0 Å². The molecule has 0 bridgehead atoms. The second kappa shape index (κ2) is 21.5. The van der Waals surface area contributed by atoms with Gasteiger partial charge in [-0.15, -0.1) is 6.58 Å². The Morgan fingerprint density at radius 1 is 0.680 bits per heavy atom. The zero-order valence-electron chi connectivity index (χ0n) is 16.9. The van der Waals surface area contributed by atoms with Crippen molar-refractivity contribution in [2.75, 3.05) is 13.1 Å². The van der Waals surface area contributed by atoms with Crippen LogP contribution < -0.4 is 10.6 Å². The van der Waals surface area contributed by atoms with Crippen molar-refractivity contribution < 1.29 is 0 Å². The molecule has 2 N–H and O–H groups in total. The molecule has 0 fully saturated rings. The van der Waals surface area contributed by atoms with Crippen LogP contribution in [0.15, 0.2) is 12.7 Å². The van der Waals surface area contributed by atoms with Crippen molar-refractivity contribution in [3.63, 3.8) is 0 Å². The van der Waals surface area contributed by atoms with Gasteiger partial charge in [-0.2, -0.15) is 0 Å². The number of rotatable bonds is 19. The summed E-state index contributed by atoms with van der Waals surface area (Å²) in [6.07, 6.45) is 24.4. The Kier molecular flexibility index (Phi) is 21.0. The predicted octanol–water partition coefficient (Wildman–Crippen LogP) is 6.90. The van der Waals surface area contributed by atoms with E-state index in [1.165, 1.54) is 103 Å². The van der Waals surface area contributed by atoms with Crippen LogP contribution in [-0.4, -0.2) is 18.2 Å². The van der Waals surface area contributed by atoms with Gasteiger partial charge in [0.25, 0.3) is 0 Å². The summed E-state index contributed by atoms with van der Waals surface area (Å²) in [5.41, 5.74) is 0. The van der Waals surface area contributed by atoms with Crippen LogP contribution in [0.4, 0.5) is 0 Å². The van der Waals surface area contributed by atoms with Crippen molar-refractivity contribution in [3.8, 4) is 0 Å². The molecular weight excluding hydrogens is 324 g/mol. The quantitative estimate of drug-likeness (QED) is 0.147. The van der Waals surface area contributed by atoms with E-state index in [9.17, 15) is 0 Å². The summed E-state index contributed by atoms with van der Waals surface area (Å²) in [6, 6.07) is 0. The molecule has 0 aromatic heterocycles. The molecule has 0 aromatic carbocycles. The molecule has 0 aliphatic heterocycles. The smallest absolute Gasteiger partial charge is 0.166 e. The van der Waals surface area contributed by atoms with Crippen LogP contribution >= 0.6 is 12.2 Å². The maximum Gasteiger partial charge on any atom is 0.166 e. The molecule has 0 radical (unpaired) electrons. The number of hydrogen-bond acceptors (Lipinski definition) is 1. The molecule has 148 valence electrons. The summed E-state index contributed by atoms with van der Waals surface area (Å²) in [5, 5.41) is 7.08. The molecule has 0 spiro atoms. The average Bonchev–Trinajstić information content (AvgIpc) is 2.62. The maximum atomic E-state index is 5.16. The van der Waals surface area contributed by atoms with E-state index in [-0.39, 0.29) is 0 Å². The number of thiocarbonyl (C=S) groups is 1. The van der Waals surface area contributed by atoms with E-state index in [1.54, 1.807) is 0 Å². The fourth-order valence-corrected chi connectivity index (χ4v) is 3.29. The van der Waals surface area contributed by atoms with Crippen LogP contribution in [0.5, 0.6) is 0 Å². The molecule has 0 unspecified atom stereocenters. The van der Waals surface area contributed by atoms with Gasteiger partial charge in [0.2, 0.25) is 0 Å². The van der Waals surface area contributed by atoms with E-state index in [1.807, 2.05) is 6.08 Å². The Labute approximate surface area is 163 Å². The van der Waals surface area contributed by atoms with Crippen molar-refractivity contribution in [2.45, 2.75) is 110 Å². The first-order chi connectivity index (χ1) is 12.3. The normalized spacial score (nSPS) is 10.6. The lowest BCUT2D eigenvalue weighted by atomic mass is 10.0. The van der Waals surface area contributed by atoms with Crippen molar-refractivity contribution in [3.05, 3.63) is 12.7 Å². The molecule has 0 aliphatic rings. The van der Waals surface area contributed by atoms with Crippen LogP contribution in [0.25, 0.3) is 0 Å². The summed E-state index contributed by atoms with van der Waals surface area (Å²) < 4.78 is 0. The summed E-state index contributed by atoms with van der Waals surface area (Å²) in [6.45, 7) is 7.68. The summed E-state index contributed by atoms with van der Waals surface area (Å²) in [7, 11) is 0. The van der Waals surface area contributed by atoms with Gasteiger partial charge < -0.3 is 10.6 Å². The Bertz CT molecular complexity index is 292. The topological polar surface area (TPSA) is 24.1 Å². The van der Waals surface area contributed by atoms with E-state index in [4.69, 9.17) is 12.2 Å². The van der Waals surface area contributed by atoms with Gasteiger partial charge >= 0.3 is 0 Å². The molecule has 25 heavy (non-hydrogen) atoms. The first kappa shape index (κ1) is 24.4. The fraction of sp³-hybridized carbons (Fsp3) is 0.864. The van der Waals surface area contributed by atoms with Crippen LogP contribution in [-0.2, 0) is 0 Å². The van der Waals surface area contributed by atoms with Crippen molar-refractivity contribution >= 4 is 17.3 Å². The Morgan fingerprint density at radius 3 is 1.48 bits per heavy atom. The highest BCUT2D eigenvalue weighted by Crippen LogP contribution is 2.13. The zero-order chi connectivity index (χ0) is 18.4. The highest BCUT2D eigenvalue weighted by Gasteiger charge is 1.95. The molecule has 0 aliphatic carbocycles. The third-order valence-corrected chi connectivity index (χ3v) is 5.01. The third-order valence-electron chi connectivity index (χ3n) is 4.72. The van der Waals surface area contributed by atoms with Gasteiger partial charge in [0, 0.05) is 13.1 Å². The van der Waals surface area contributed by atoms with Crippen molar-refractivity contribution in [1.82, 2.24) is 10.6 Å². The molecule has 0 saturated carbocycles. The third kappa shape index (κ3) is 21.4. The SMILES string of the molecule is C=CCNC(=S)NCCCCCCCCCCCCCCCCCC. The second-order valence-corrected chi connectivity index (χ2v) is 7.64. The molecule has 2 nitrogen and oxygen atoms in total. The van der Waals surface area contributed by atoms with Gasteiger partial charge in [-0.05, 0) is 18.6 Å². The molecule has 0 aromatic rings. The Balaban J connectivity index is 3.05. The van der Waals surface area contributed by atoms with E-state index in [0.29, 0.717) is 0 Å². The highest BCUT2D eigenvalue weighted by molar-refractivity contribution is 7.80. The number of nitrogens with one attached hydrogen (secondary N) is 2. The molecule has 0 rings (SSSR count). The molecular formula is C22H44N2S. The standard InChI is InChI=1S/C22H44N2S/c1-3-5-6-7-8-9-10-11-12-13-14-15-16-17-18-19-21-24-22(25)23-20-4-2/h4H,2-3,5-21H2,1H3,(H2,23,24,25). The minimum absolute atomic E-state index is 0.741. The molecule has 0 saturated heterocycles. The minimum Gasteiger partial charge on any atom is -0.363 e. The summed E-state index contributed by atoms with van der Waals surface area (Å²) >= 11 is 5.16. The van der Waals surface area contributed by atoms with E-state index >= 15 is 0 Å². The monoisotopic (exact) mass is 368 g/mol. The molecule has 0 amide bonds. The lowest BCUT2D eigenvalue weighted by Gasteiger charge is -2.08. The molecule has 0 heterocycles. The maximum absolute atomic E-state index is 5.16.